The number of benzene rings is 1. The highest BCUT2D eigenvalue weighted by Gasteiger charge is 2.21. The monoisotopic (exact) mass is 315 g/mol. The van der Waals surface area contributed by atoms with Crippen LogP contribution < -0.4 is 10.5 Å². The highest BCUT2D eigenvalue weighted by molar-refractivity contribution is 7.90. The molecule has 4 N–H and O–H groups in total. The van der Waals surface area contributed by atoms with Crippen molar-refractivity contribution < 1.29 is 12.6 Å². The summed E-state index contributed by atoms with van der Waals surface area (Å²) in [6.07, 6.45) is 2.97. The summed E-state index contributed by atoms with van der Waals surface area (Å²) in [5.41, 5.74) is 6.88. The van der Waals surface area contributed by atoms with Gasteiger partial charge >= 0.3 is 0 Å². The molecular formula is C12H17N3O3S2. The topological polar surface area (TPSA) is 105 Å². The molecule has 110 valence electrons. The Morgan fingerprint density at radius 1 is 1.45 bits per heavy atom. The predicted molar refractivity (Wildman–Crippen MR) is 81.4 cm³/mol. The number of H-pyrrole nitrogens is 1. The van der Waals surface area contributed by atoms with E-state index in [1.54, 1.807) is 31.4 Å². The second kappa shape index (κ2) is 5.55. The minimum atomic E-state index is -3.66. The summed E-state index contributed by atoms with van der Waals surface area (Å²) in [7, 11) is -4.72. The number of rotatable bonds is 5. The number of sulfonamides is 1. The van der Waals surface area contributed by atoms with Gasteiger partial charge in [-0.3, -0.25) is 4.21 Å². The predicted octanol–water partition coefficient (Wildman–Crippen LogP) is 0.795. The fourth-order valence-corrected chi connectivity index (χ4v) is 4.37. The smallest absolute Gasteiger partial charge is 0.242 e. The molecule has 0 spiro atoms. The third kappa shape index (κ3) is 3.20. The SMILES string of the molecule is CC(CS(C)=O)NS(=O)(=O)c1c[nH]c2cc(N)ccc12. The molecule has 0 aliphatic carbocycles. The van der Waals surface area contributed by atoms with Crippen LogP contribution in [0, 0.1) is 0 Å². The van der Waals surface area contributed by atoms with Gasteiger partial charge in [0.2, 0.25) is 10.0 Å². The zero-order valence-electron chi connectivity index (χ0n) is 11.2. The minimum absolute atomic E-state index is 0.168. The molecule has 0 bridgehead atoms. The number of nitrogens with two attached hydrogens (primary N) is 1. The summed E-state index contributed by atoms with van der Waals surface area (Å²) in [6.45, 7) is 1.69. The number of hydrogen-bond acceptors (Lipinski definition) is 4. The first-order valence-electron chi connectivity index (χ1n) is 5.98. The first-order chi connectivity index (χ1) is 9.29. The second-order valence-corrected chi connectivity index (χ2v) is 7.88. The van der Waals surface area contributed by atoms with Gasteiger partial charge in [-0.2, -0.15) is 0 Å². The van der Waals surface area contributed by atoms with E-state index in [1.807, 2.05) is 0 Å². The molecular weight excluding hydrogens is 298 g/mol. The van der Waals surface area contributed by atoms with Crippen LogP contribution in [0.1, 0.15) is 6.92 Å². The number of nitrogens with one attached hydrogen (secondary N) is 2. The van der Waals surface area contributed by atoms with Crippen molar-refractivity contribution in [2.75, 3.05) is 17.7 Å². The van der Waals surface area contributed by atoms with Crippen LogP contribution in [0.3, 0.4) is 0 Å². The van der Waals surface area contributed by atoms with Crippen LogP contribution in [-0.4, -0.2) is 35.7 Å². The molecule has 20 heavy (non-hydrogen) atoms. The molecule has 0 aliphatic rings. The molecule has 6 nitrogen and oxygen atoms in total. The van der Waals surface area contributed by atoms with E-state index in [1.165, 1.54) is 6.20 Å². The molecule has 8 heteroatoms. The van der Waals surface area contributed by atoms with Gasteiger partial charge in [0.15, 0.2) is 0 Å². The molecule has 0 saturated carbocycles. The molecule has 0 fully saturated rings. The largest absolute Gasteiger partial charge is 0.399 e. The average molecular weight is 315 g/mol. The van der Waals surface area contributed by atoms with E-state index in [2.05, 4.69) is 9.71 Å². The summed E-state index contributed by atoms with van der Waals surface area (Å²) in [4.78, 5) is 3.06. The summed E-state index contributed by atoms with van der Waals surface area (Å²) < 4.78 is 38.3. The Labute approximate surface area is 120 Å². The fourth-order valence-electron chi connectivity index (χ4n) is 2.05. The summed E-state index contributed by atoms with van der Waals surface area (Å²) >= 11 is 0. The molecule has 0 aliphatic heterocycles. The van der Waals surface area contributed by atoms with Crippen LogP contribution in [0.2, 0.25) is 0 Å². The number of aromatic nitrogens is 1. The fraction of sp³-hybridized carbons (Fsp3) is 0.333. The standard InChI is InChI=1S/C12H17N3O3S2/c1-8(7-19(2)16)15-20(17,18)12-6-14-11-5-9(13)3-4-10(11)12/h3-6,8,14-15H,7,13H2,1-2H3. The number of anilines is 1. The molecule has 2 atom stereocenters. The number of aromatic amines is 1. The van der Waals surface area contributed by atoms with Gasteiger partial charge in [0.25, 0.3) is 0 Å². The van der Waals surface area contributed by atoms with Crippen molar-refractivity contribution in [2.45, 2.75) is 17.9 Å². The van der Waals surface area contributed by atoms with E-state index >= 15 is 0 Å². The van der Waals surface area contributed by atoms with Gasteiger partial charge in [-0.05, 0) is 25.1 Å². The van der Waals surface area contributed by atoms with Gasteiger partial charge < -0.3 is 10.7 Å². The first kappa shape index (κ1) is 15.0. The zero-order chi connectivity index (χ0) is 14.9. The maximum atomic E-state index is 12.3. The van der Waals surface area contributed by atoms with Crippen LogP contribution in [0.4, 0.5) is 5.69 Å². The highest BCUT2D eigenvalue weighted by Crippen LogP contribution is 2.24. The molecule has 0 saturated heterocycles. The van der Waals surface area contributed by atoms with Gasteiger partial charge in [-0.15, -0.1) is 0 Å². The van der Waals surface area contributed by atoms with Gasteiger partial charge in [0, 0.05) is 51.6 Å². The Balaban J connectivity index is 2.35. The van der Waals surface area contributed by atoms with Crippen LogP contribution in [0.25, 0.3) is 10.9 Å². The van der Waals surface area contributed by atoms with Crippen LogP contribution in [0.15, 0.2) is 29.3 Å². The molecule has 2 unspecified atom stereocenters. The van der Waals surface area contributed by atoms with E-state index in [4.69, 9.17) is 5.73 Å². The number of hydrogen-bond donors (Lipinski definition) is 3. The maximum absolute atomic E-state index is 12.3. The van der Waals surface area contributed by atoms with Gasteiger partial charge in [-0.25, -0.2) is 13.1 Å². The summed E-state index contributed by atoms with van der Waals surface area (Å²) in [5.74, 6) is 0.272. The molecule has 0 amide bonds. The van der Waals surface area contributed by atoms with Gasteiger partial charge in [0.1, 0.15) is 4.90 Å². The third-order valence-corrected chi connectivity index (χ3v) is 5.40. The number of nitrogen functional groups attached to an aromatic ring is 1. The highest BCUT2D eigenvalue weighted by atomic mass is 32.2. The minimum Gasteiger partial charge on any atom is -0.399 e. The van der Waals surface area contributed by atoms with Gasteiger partial charge in [0.05, 0.1) is 0 Å². The molecule has 2 aromatic rings. The van der Waals surface area contributed by atoms with E-state index in [0.29, 0.717) is 16.6 Å². The molecule has 1 aromatic carbocycles. The second-order valence-electron chi connectivity index (χ2n) is 4.72. The van der Waals surface area contributed by atoms with Gasteiger partial charge in [-0.1, -0.05) is 0 Å². The van der Waals surface area contributed by atoms with Crippen molar-refractivity contribution in [3.8, 4) is 0 Å². The van der Waals surface area contributed by atoms with Crippen molar-refractivity contribution in [1.82, 2.24) is 9.71 Å². The Hall–Kier alpha value is -1.38. The van der Waals surface area contributed by atoms with Crippen molar-refractivity contribution in [2.24, 2.45) is 0 Å². The zero-order valence-corrected chi connectivity index (χ0v) is 12.8. The molecule has 1 heterocycles. The van der Waals surface area contributed by atoms with Crippen LogP contribution >= 0.6 is 0 Å². The van der Waals surface area contributed by atoms with E-state index in [9.17, 15) is 12.6 Å². The van der Waals surface area contributed by atoms with Crippen LogP contribution in [0.5, 0.6) is 0 Å². The first-order valence-corrected chi connectivity index (χ1v) is 9.19. The lowest BCUT2D eigenvalue weighted by Gasteiger charge is -2.12. The Morgan fingerprint density at radius 2 is 2.15 bits per heavy atom. The molecule has 0 radical (unpaired) electrons. The van der Waals surface area contributed by atoms with E-state index in [0.717, 1.165) is 0 Å². The Bertz CT molecular complexity index is 752. The summed E-state index contributed by atoms with van der Waals surface area (Å²) in [6, 6.07) is 4.60. The van der Waals surface area contributed by atoms with Crippen molar-refractivity contribution in [3.63, 3.8) is 0 Å². The lowest BCUT2D eigenvalue weighted by molar-refractivity contribution is 0.571. The Morgan fingerprint density at radius 3 is 2.80 bits per heavy atom. The number of fused-ring (bicyclic) bond motifs is 1. The van der Waals surface area contributed by atoms with Crippen molar-refractivity contribution in [1.29, 1.82) is 0 Å². The lowest BCUT2D eigenvalue weighted by Crippen LogP contribution is -2.36. The average Bonchev–Trinajstić information content (AvgIpc) is 2.70. The molecule has 1 aromatic heterocycles. The molecule has 2 rings (SSSR count). The lowest BCUT2D eigenvalue weighted by atomic mass is 10.2. The normalized spacial score (nSPS) is 15.3. The summed E-state index contributed by atoms with van der Waals surface area (Å²) in [5, 5.41) is 0.580. The van der Waals surface area contributed by atoms with Crippen molar-refractivity contribution in [3.05, 3.63) is 24.4 Å². The van der Waals surface area contributed by atoms with E-state index in [-0.39, 0.29) is 10.6 Å². The van der Waals surface area contributed by atoms with Crippen molar-refractivity contribution >= 4 is 37.4 Å². The van der Waals surface area contributed by atoms with Crippen LogP contribution in [-0.2, 0) is 20.8 Å². The quantitative estimate of drug-likeness (QED) is 0.710. The van der Waals surface area contributed by atoms with E-state index < -0.39 is 26.9 Å². The Kier molecular flexibility index (Phi) is 4.17. The third-order valence-electron chi connectivity index (χ3n) is 2.80. The maximum Gasteiger partial charge on any atom is 0.242 e.